The van der Waals surface area contributed by atoms with Gasteiger partial charge in [0.25, 0.3) is 0 Å². The van der Waals surface area contributed by atoms with Crippen molar-refractivity contribution >= 4 is 16.2 Å². The Kier molecular flexibility index (Phi) is 4.78. The molecule has 0 fully saturated rings. The van der Waals surface area contributed by atoms with E-state index in [4.69, 9.17) is 28.7 Å². The molecule has 5 N–H and O–H groups in total. The molecule has 0 unspecified atom stereocenters. The first-order valence-corrected chi connectivity index (χ1v) is 4.79. The van der Waals surface area contributed by atoms with Gasteiger partial charge in [-0.25, -0.2) is 0 Å². The van der Waals surface area contributed by atoms with Crippen LogP contribution in [-0.2, 0) is 10.4 Å². The highest BCUT2D eigenvalue weighted by molar-refractivity contribution is 7.79. The number of hydrogen-bond acceptors (Lipinski definition) is 3. The molecule has 0 atom stereocenters. The van der Waals surface area contributed by atoms with E-state index in [1.54, 1.807) is 0 Å². The van der Waals surface area contributed by atoms with Crippen molar-refractivity contribution in [1.29, 1.82) is 5.41 Å². The van der Waals surface area contributed by atoms with Gasteiger partial charge in [-0.15, -0.1) is 0 Å². The fourth-order valence-corrected chi connectivity index (χ4v) is 0.618. The van der Waals surface area contributed by atoms with Crippen LogP contribution in [0.25, 0.3) is 0 Å². The largest absolute Gasteiger partial charge is 0.394 e. The maximum Gasteiger partial charge on any atom is 0.394 e. The summed E-state index contributed by atoms with van der Waals surface area (Å²) in [5.41, 5.74) is 5.97. The summed E-state index contributed by atoms with van der Waals surface area (Å²) >= 11 is 0. The Balaban J connectivity index is 0.000000292. The lowest BCUT2D eigenvalue weighted by atomic mass is 10.2. The maximum atomic E-state index is 8.74. The average Bonchev–Trinajstić information content (AvgIpc) is 2.03. The summed E-state index contributed by atoms with van der Waals surface area (Å²) in [4.78, 5) is 0. The molecule has 0 aliphatic heterocycles. The fraction of sp³-hybridized carbons (Fsp3) is 0. The zero-order chi connectivity index (χ0) is 11.2. The van der Waals surface area contributed by atoms with E-state index in [1.807, 2.05) is 30.3 Å². The maximum absolute atomic E-state index is 8.74. The molecule has 0 spiro atoms. The van der Waals surface area contributed by atoms with Crippen molar-refractivity contribution in [2.24, 2.45) is 5.73 Å². The molecule has 1 rings (SSSR count). The SMILES string of the molecule is N=C(N)c1ccccc1.O=S(=O)(O)O. The van der Waals surface area contributed by atoms with E-state index >= 15 is 0 Å². The number of nitrogens with two attached hydrogens (primary N) is 1. The Morgan fingerprint density at radius 1 is 1.21 bits per heavy atom. The van der Waals surface area contributed by atoms with Gasteiger partial charge in [0.1, 0.15) is 5.84 Å². The monoisotopic (exact) mass is 218 g/mol. The zero-order valence-corrected chi connectivity index (χ0v) is 7.90. The Morgan fingerprint density at radius 2 is 1.57 bits per heavy atom. The fourth-order valence-electron chi connectivity index (χ4n) is 0.618. The molecule has 0 aliphatic carbocycles. The predicted molar refractivity (Wildman–Crippen MR) is 51.6 cm³/mol. The lowest BCUT2D eigenvalue weighted by molar-refractivity contribution is 0.381. The van der Waals surface area contributed by atoms with E-state index in [9.17, 15) is 0 Å². The Hall–Kier alpha value is -1.44. The summed E-state index contributed by atoms with van der Waals surface area (Å²) in [6, 6.07) is 9.23. The first-order chi connectivity index (χ1) is 6.30. The van der Waals surface area contributed by atoms with Gasteiger partial charge < -0.3 is 5.73 Å². The van der Waals surface area contributed by atoms with Crippen LogP contribution in [0.1, 0.15) is 5.56 Å². The molecule has 0 bridgehead atoms. The van der Waals surface area contributed by atoms with E-state index in [-0.39, 0.29) is 5.84 Å². The van der Waals surface area contributed by atoms with E-state index in [2.05, 4.69) is 0 Å². The number of amidine groups is 1. The molecule has 14 heavy (non-hydrogen) atoms. The summed E-state index contributed by atoms with van der Waals surface area (Å²) in [6.45, 7) is 0. The summed E-state index contributed by atoms with van der Waals surface area (Å²) in [6.07, 6.45) is 0. The highest BCUT2D eigenvalue weighted by Gasteiger charge is 1.89. The third-order valence-electron chi connectivity index (χ3n) is 1.08. The second kappa shape index (κ2) is 5.32. The van der Waals surface area contributed by atoms with Crippen LogP contribution in [0, 0.1) is 5.41 Å². The minimum absolute atomic E-state index is 0.121. The van der Waals surface area contributed by atoms with Gasteiger partial charge in [0.2, 0.25) is 0 Å². The van der Waals surface area contributed by atoms with Crippen LogP contribution in [0.3, 0.4) is 0 Å². The molecule has 7 heteroatoms. The summed E-state index contributed by atoms with van der Waals surface area (Å²) in [5, 5.41) is 7.01. The van der Waals surface area contributed by atoms with Crippen molar-refractivity contribution in [2.75, 3.05) is 0 Å². The second-order valence-corrected chi connectivity index (χ2v) is 3.12. The van der Waals surface area contributed by atoms with Crippen LogP contribution in [0.4, 0.5) is 0 Å². The van der Waals surface area contributed by atoms with Crippen LogP contribution < -0.4 is 5.73 Å². The smallest absolute Gasteiger partial charge is 0.384 e. The summed E-state index contributed by atoms with van der Waals surface area (Å²) in [7, 11) is -4.67. The molecular formula is C7H10N2O4S. The lowest BCUT2D eigenvalue weighted by Crippen LogP contribution is -2.10. The number of rotatable bonds is 1. The third kappa shape index (κ3) is 8.65. The van der Waals surface area contributed by atoms with E-state index in [0.29, 0.717) is 0 Å². The van der Waals surface area contributed by atoms with E-state index in [1.165, 1.54) is 0 Å². The zero-order valence-electron chi connectivity index (χ0n) is 7.08. The van der Waals surface area contributed by atoms with Crippen LogP contribution >= 0.6 is 0 Å². The first kappa shape index (κ1) is 12.6. The second-order valence-electron chi connectivity index (χ2n) is 2.23. The molecule has 0 saturated heterocycles. The Bertz CT molecular complexity index is 379. The van der Waals surface area contributed by atoms with Gasteiger partial charge in [0, 0.05) is 5.56 Å². The molecular weight excluding hydrogens is 208 g/mol. The van der Waals surface area contributed by atoms with Gasteiger partial charge in [-0.05, 0) is 0 Å². The van der Waals surface area contributed by atoms with Crippen LogP contribution in [-0.4, -0.2) is 23.4 Å². The Morgan fingerprint density at radius 3 is 1.79 bits per heavy atom. The number of benzene rings is 1. The number of hydrogen-bond donors (Lipinski definition) is 4. The van der Waals surface area contributed by atoms with Crippen LogP contribution in [0.5, 0.6) is 0 Å². The van der Waals surface area contributed by atoms with Crippen molar-refractivity contribution in [2.45, 2.75) is 0 Å². The van der Waals surface area contributed by atoms with Gasteiger partial charge in [0.05, 0.1) is 0 Å². The molecule has 0 aromatic heterocycles. The molecule has 1 aromatic carbocycles. The summed E-state index contributed by atoms with van der Waals surface area (Å²) in [5.74, 6) is 0.121. The molecule has 1 aromatic rings. The molecule has 0 saturated carbocycles. The normalized spacial score (nSPS) is 9.86. The molecule has 0 radical (unpaired) electrons. The van der Waals surface area contributed by atoms with Gasteiger partial charge in [-0.1, -0.05) is 30.3 Å². The number of nitrogens with one attached hydrogen (secondary N) is 1. The van der Waals surface area contributed by atoms with Gasteiger partial charge in [0.15, 0.2) is 0 Å². The van der Waals surface area contributed by atoms with Gasteiger partial charge in [-0.2, -0.15) is 8.42 Å². The molecule has 0 heterocycles. The van der Waals surface area contributed by atoms with Gasteiger partial charge >= 0.3 is 10.4 Å². The van der Waals surface area contributed by atoms with Crippen molar-refractivity contribution in [3.63, 3.8) is 0 Å². The van der Waals surface area contributed by atoms with Crippen LogP contribution in [0.15, 0.2) is 30.3 Å². The molecule has 78 valence electrons. The van der Waals surface area contributed by atoms with E-state index in [0.717, 1.165) is 5.56 Å². The topological polar surface area (TPSA) is 124 Å². The average molecular weight is 218 g/mol. The quantitative estimate of drug-likeness (QED) is 0.307. The van der Waals surface area contributed by atoms with Crippen molar-refractivity contribution in [3.8, 4) is 0 Å². The van der Waals surface area contributed by atoms with Gasteiger partial charge in [-0.3, -0.25) is 14.5 Å². The standard InChI is InChI=1S/C7H8N2.H2O4S/c8-7(9)6-4-2-1-3-5-6;1-5(2,3)4/h1-5H,(H3,8,9);(H2,1,2,3,4). The third-order valence-corrected chi connectivity index (χ3v) is 1.08. The highest BCUT2D eigenvalue weighted by atomic mass is 32.3. The van der Waals surface area contributed by atoms with Crippen molar-refractivity contribution in [1.82, 2.24) is 0 Å². The highest BCUT2D eigenvalue weighted by Crippen LogP contribution is 1.94. The minimum Gasteiger partial charge on any atom is -0.384 e. The summed E-state index contributed by atoms with van der Waals surface area (Å²) < 4.78 is 31.6. The predicted octanol–water partition coefficient (Wildman–Crippen LogP) is 0.318. The van der Waals surface area contributed by atoms with E-state index < -0.39 is 10.4 Å². The minimum atomic E-state index is -4.67. The number of nitrogen functional groups attached to an aromatic ring is 1. The molecule has 0 amide bonds. The first-order valence-electron chi connectivity index (χ1n) is 3.40. The van der Waals surface area contributed by atoms with Crippen molar-refractivity contribution < 1.29 is 17.5 Å². The lowest BCUT2D eigenvalue weighted by Gasteiger charge is -1.93. The van der Waals surface area contributed by atoms with Crippen LogP contribution in [0.2, 0.25) is 0 Å². The molecule has 0 aliphatic rings. The molecule has 6 nitrogen and oxygen atoms in total. The van der Waals surface area contributed by atoms with Crippen molar-refractivity contribution in [3.05, 3.63) is 35.9 Å². The Labute approximate surface area is 81.5 Å².